The fourth-order valence-electron chi connectivity index (χ4n) is 2.98. The van der Waals surface area contributed by atoms with Gasteiger partial charge in [0.05, 0.1) is 22.5 Å². The van der Waals surface area contributed by atoms with Crippen molar-refractivity contribution in [1.82, 2.24) is 15.0 Å². The van der Waals surface area contributed by atoms with Gasteiger partial charge in [-0.3, -0.25) is 0 Å². The molecule has 144 valence electrons. The number of aryl methyl sites for hydroxylation is 2. The summed E-state index contributed by atoms with van der Waals surface area (Å²) in [6.45, 7) is 2.19. The zero-order chi connectivity index (χ0) is 19.6. The normalized spacial score (nSPS) is 13.0. The van der Waals surface area contributed by atoms with Gasteiger partial charge in [0.1, 0.15) is 0 Å². The SMILES string of the molecule is Cc1sc(N[C@H](CN)Cc2ccccc2C(F)(F)F)cc1-c1cnnn1C. The van der Waals surface area contributed by atoms with Gasteiger partial charge in [-0.25, -0.2) is 4.68 Å². The van der Waals surface area contributed by atoms with Crippen molar-refractivity contribution >= 4 is 16.3 Å². The molecule has 5 nitrogen and oxygen atoms in total. The third-order valence-corrected chi connectivity index (χ3v) is 5.31. The number of aromatic nitrogens is 3. The van der Waals surface area contributed by atoms with Gasteiger partial charge < -0.3 is 11.1 Å². The summed E-state index contributed by atoms with van der Waals surface area (Å²) in [5.74, 6) is 0. The Hall–Kier alpha value is -2.39. The van der Waals surface area contributed by atoms with E-state index in [1.54, 1.807) is 16.9 Å². The van der Waals surface area contributed by atoms with Crippen LogP contribution in [0.2, 0.25) is 0 Å². The highest BCUT2D eigenvalue weighted by molar-refractivity contribution is 7.16. The Balaban J connectivity index is 1.80. The lowest BCUT2D eigenvalue weighted by Crippen LogP contribution is -2.31. The fourth-order valence-corrected chi connectivity index (χ4v) is 3.98. The first-order valence-electron chi connectivity index (χ1n) is 8.36. The number of nitrogens with two attached hydrogens (primary N) is 1. The first-order valence-corrected chi connectivity index (χ1v) is 9.18. The molecular formula is C18H20F3N5S. The highest BCUT2D eigenvalue weighted by Gasteiger charge is 2.33. The first kappa shape index (κ1) is 19.4. The number of nitrogens with zero attached hydrogens (tertiary/aromatic N) is 3. The van der Waals surface area contributed by atoms with Crippen LogP contribution in [0.5, 0.6) is 0 Å². The second kappa shape index (κ2) is 7.69. The number of benzene rings is 1. The van der Waals surface area contributed by atoms with Crippen molar-refractivity contribution < 1.29 is 13.2 Å². The van der Waals surface area contributed by atoms with Gasteiger partial charge in [-0.05, 0) is 31.0 Å². The number of alkyl halides is 3. The molecule has 0 aliphatic rings. The zero-order valence-corrected chi connectivity index (χ0v) is 15.7. The molecule has 0 bridgehead atoms. The summed E-state index contributed by atoms with van der Waals surface area (Å²) >= 11 is 1.53. The molecule has 9 heteroatoms. The molecule has 3 N–H and O–H groups in total. The molecule has 27 heavy (non-hydrogen) atoms. The molecule has 1 atom stereocenters. The summed E-state index contributed by atoms with van der Waals surface area (Å²) in [6, 6.07) is 7.25. The molecule has 3 rings (SSSR count). The highest BCUT2D eigenvalue weighted by Crippen LogP contribution is 2.35. The lowest BCUT2D eigenvalue weighted by Gasteiger charge is -2.19. The van der Waals surface area contributed by atoms with Gasteiger partial charge in [-0.2, -0.15) is 13.2 Å². The van der Waals surface area contributed by atoms with Crippen LogP contribution in [0.4, 0.5) is 18.2 Å². The van der Waals surface area contributed by atoms with Crippen molar-refractivity contribution in [3.8, 4) is 11.3 Å². The van der Waals surface area contributed by atoms with E-state index >= 15 is 0 Å². The summed E-state index contributed by atoms with van der Waals surface area (Å²) in [5, 5.41) is 11.9. The smallest absolute Gasteiger partial charge is 0.373 e. The van der Waals surface area contributed by atoms with E-state index in [9.17, 15) is 13.2 Å². The Morgan fingerprint density at radius 1 is 1.30 bits per heavy atom. The summed E-state index contributed by atoms with van der Waals surface area (Å²) in [6.07, 6.45) is -2.51. The van der Waals surface area contributed by atoms with Gasteiger partial charge in [0, 0.05) is 30.1 Å². The molecule has 0 fully saturated rings. The van der Waals surface area contributed by atoms with Crippen molar-refractivity contribution in [3.63, 3.8) is 0 Å². The Morgan fingerprint density at radius 2 is 2.04 bits per heavy atom. The van der Waals surface area contributed by atoms with Gasteiger partial charge in [0.2, 0.25) is 0 Å². The molecule has 0 radical (unpaired) electrons. The van der Waals surface area contributed by atoms with Gasteiger partial charge in [0.15, 0.2) is 0 Å². The molecule has 3 aromatic rings. The molecule has 0 saturated heterocycles. The van der Waals surface area contributed by atoms with Crippen molar-refractivity contribution in [1.29, 1.82) is 0 Å². The maximum Gasteiger partial charge on any atom is 0.416 e. The third-order valence-electron chi connectivity index (χ3n) is 4.33. The topological polar surface area (TPSA) is 68.8 Å². The Labute approximate surface area is 159 Å². The summed E-state index contributed by atoms with van der Waals surface area (Å²) in [4.78, 5) is 1.06. The first-order chi connectivity index (χ1) is 12.8. The average molecular weight is 395 g/mol. The maximum atomic E-state index is 13.2. The molecular weight excluding hydrogens is 375 g/mol. The average Bonchev–Trinajstić information content (AvgIpc) is 3.18. The molecule has 2 heterocycles. The van der Waals surface area contributed by atoms with Crippen molar-refractivity contribution in [2.45, 2.75) is 25.6 Å². The van der Waals surface area contributed by atoms with Crippen molar-refractivity contribution in [2.24, 2.45) is 12.8 Å². The number of thiophene rings is 1. The van der Waals surface area contributed by atoms with E-state index < -0.39 is 11.7 Å². The molecule has 0 amide bonds. The van der Waals surface area contributed by atoms with E-state index in [0.717, 1.165) is 27.2 Å². The van der Waals surface area contributed by atoms with Crippen LogP contribution in [-0.4, -0.2) is 27.6 Å². The standard InChI is InChI=1S/C18H20F3N5S/c1-11-14(16-10-23-25-26(16)2)8-17(27-11)24-13(9-22)7-12-5-3-4-6-15(12)18(19,20)21/h3-6,8,10,13,24H,7,9,22H2,1-2H3/t13-/m0/s1. The van der Waals surface area contributed by atoms with E-state index in [0.29, 0.717) is 0 Å². The van der Waals surface area contributed by atoms with E-state index in [2.05, 4.69) is 15.6 Å². The van der Waals surface area contributed by atoms with E-state index in [4.69, 9.17) is 5.73 Å². The van der Waals surface area contributed by atoms with E-state index in [1.807, 2.05) is 20.0 Å². The van der Waals surface area contributed by atoms with Crippen LogP contribution in [-0.2, 0) is 19.6 Å². The van der Waals surface area contributed by atoms with Crippen molar-refractivity contribution in [3.05, 3.63) is 52.5 Å². The predicted octanol–water partition coefficient (Wildman–Crippen LogP) is 3.85. The summed E-state index contributed by atoms with van der Waals surface area (Å²) in [7, 11) is 1.81. The van der Waals surface area contributed by atoms with E-state index in [1.165, 1.54) is 23.5 Å². The molecule has 0 saturated carbocycles. The Kier molecular flexibility index (Phi) is 5.52. The van der Waals surface area contributed by atoms with Crippen LogP contribution in [0.25, 0.3) is 11.3 Å². The number of rotatable bonds is 6. The minimum absolute atomic E-state index is 0.186. The lowest BCUT2D eigenvalue weighted by atomic mass is 10.00. The molecule has 0 unspecified atom stereocenters. The number of hydrogen-bond donors (Lipinski definition) is 2. The lowest BCUT2D eigenvalue weighted by molar-refractivity contribution is -0.138. The maximum absolute atomic E-state index is 13.2. The van der Waals surface area contributed by atoms with Crippen LogP contribution in [0, 0.1) is 6.92 Å². The Bertz CT molecular complexity index is 916. The number of nitrogens with one attached hydrogen (secondary N) is 1. The largest absolute Gasteiger partial charge is 0.416 e. The Morgan fingerprint density at radius 3 is 2.67 bits per heavy atom. The fraction of sp³-hybridized carbons (Fsp3) is 0.333. The van der Waals surface area contributed by atoms with Crippen LogP contribution in [0.3, 0.4) is 0 Å². The van der Waals surface area contributed by atoms with Gasteiger partial charge in [-0.1, -0.05) is 23.4 Å². The van der Waals surface area contributed by atoms with Gasteiger partial charge in [-0.15, -0.1) is 16.4 Å². The van der Waals surface area contributed by atoms with Crippen LogP contribution in [0.1, 0.15) is 16.0 Å². The summed E-state index contributed by atoms with van der Waals surface area (Å²) < 4.78 is 41.3. The molecule has 0 aliphatic heterocycles. The number of halogens is 3. The van der Waals surface area contributed by atoms with Gasteiger partial charge >= 0.3 is 6.18 Å². The predicted molar refractivity (Wildman–Crippen MR) is 101 cm³/mol. The minimum Gasteiger partial charge on any atom is -0.373 e. The molecule has 1 aromatic carbocycles. The second-order valence-electron chi connectivity index (χ2n) is 6.26. The van der Waals surface area contributed by atoms with Crippen LogP contribution >= 0.6 is 11.3 Å². The quantitative estimate of drug-likeness (QED) is 0.665. The number of anilines is 1. The molecule has 2 aromatic heterocycles. The molecule has 0 aliphatic carbocycles. The second-order valence-corrected chi connectivity index (χ2v) is 7.52. The third kappa shape index (κ3) is 4.30. The highest BCUT2D eigenvalue weighted by atomic mass is 32.1. The minimum atomic E-state index is -4.38. The van der Waals surface area contributed by atoms with E-state index in [-0.39, 0.29) is 24.6 Å². The van der Waals surface area contributed by atoms with Crippen LogP contribution in [0.15, 0.2) is 36.5 Å². The number of hydrogen-bond acceptors (Lipinski definition) is 5. The zero-order valence-electron chi connectivity index (χ0n) is 14.9. The van der Waals surface area contributed by atoms with Gasteiger partial charge in [0.25, 0.3) is 0 Å². The molecule has 0 spiro atoms. The van der Waals surface area contributed by atoms with Crippen LogP contribution < -0.4 is 11.1 Å². The van der Waals surface area contributed by atoms with Crippen molar-refractivity contribution in [2.75, 3.05) is 11.9 Å². The summed E-state index contributed by atoms with van der Waals surface area (Å²) in [5.41, 5.74) is 7.31. The monoisotopic (exact) mass is 395 g/mol.